The molecule has 0 spiro atoms. The van der Waals surface area contributed by atoms with E-state index in [1.54, 1.807) is 5.57 Å². The third-order valence-electron chi connectivity index (χ3n) is 3.39. The molecule has 1 aliphatic rings. The van der Waals surface area contributed by atoms with Gasteiger partial charge in [0, 0.05) is 0 Å². The Morgan fingerprint density at radius 3 is 2.73 bits per heavy atom. The van der Waals surface area contributed by atoms with E-state index in [0.717, 1.165) is 0 Å². The summed E-state index contributed by atoms with van der Waals surface area (Å²) in [4.78, 5) is 0. The van der Waals surface area contributed by atoms with E-state index in [4.69, 9.17) is 0 Å². The van der Waals surface area contributed by atoms with E-state index >= 15 is 0 Å². The third kappa shape index (κ3) is 4.07. The SMILES string of the molecule is C=CC1(C)CC=C(CCC=C(C)C)CC1. The second kappa shape index (κ2) is 5.34. The summed E-state index contributed by atoms with van der Waals surface area (Å²) in [5, 5.41) is 0. The molecule has 15 heavy (non-hydrogen) atoms. The van der Waals surface area contributed by atoms with Crippen LogP contribution in [-0.4, -0.2) is 0 Å². The highest BCUT2D eigenvalue weighted by atomic mass is 14.3. The Morgan fingerprint density at radius 2 is 2.27 bits per heavy atom. The van der Waals surface area contributed by atoms with E-state index in [9.17, 15) is 0 Å². The molecule has 0 aromatic carbocycles. The first kappa shape index (κ1) is 12.3. The molecule has 0 heteroatoms. The van der Waals surface area contributed by atoms with E-state index in [0.29, 0.717) is 5.41 Å². The summed E-state index contributed by atoms with van der Waals surface area (Å²) in [7, 11) is 0. The van der Waals surface area contributed by atoms with E-state index in [1.165, 1.54) is 37.7 Å². The van der Waals surface area contributed by atoms with Crippen LogP contribution in [0.1, 0.15) is 52.9 Å². The van der Waals surface area contributed by atoms with Crippen molar-refractivity contribution in [2.24, 2.45) is 5.41 Å². The van der Waals surface area contributed by atoms with E-state index in [-0.39, 0.29) is 0 Å². The van der Waals surface area contributed by atoms with Crippen LogP contribution in [0.3, 0.4) is 0 Å². The average molecular weight is 204 g/mol. The van der Waals surface area contributed by atoms with Gasteiger partial charge >= 0.3 is 0 Å². The Morgan fingerprint density at radius 1 is 1.53 bits per heavy atom. The highest BCUT2D eigenvalue weighted by Crippen LogP contribution is 2.36. The summed E-state index contributed by atoms with van der Waals surface area (Å²) in [5.74, 6) is 0. The van der Waals surface area contributed by atoms with E-state index in [1.807, 2.05) is 0 Å². The lowest BCUT2D eigenvalue weighted by Crippen LogP contribution is -2.15. The van der Waals surface area contributed by atoms with Crippen LogP contribution in [0, 0.1) is 5.41 Å². The molecular weight excluding hydrogens is 180 g/mol. The maximum absolute atomic E-state index is 3.93. The predicted molar refractivity (Wildman–Crippen MR) is 68.9 cm³/mol. The second-order valence-corrected chi connectivity index (χ2v) is 5.24. The molecule has 1 aliphatic carbocycles. The molecule has 84 valence electrons. The number of hydrogen-bond donors (Lipinski definition) is 0. The summed E-state index contributed by atoms with van der Waals surface area (Å²) in [6.07, 6.45) is 13.1. The first-order valence-electron chi connectivity index (χ1n) is 6.00. The lowest BCUT2D eigenvalue weighted by atomic mass is 9.76. The molecule has 1 atom stereocenters. The van der Waals surface area contributed by atoms with Crippen LogP contribution in [0.5, 0.6) is 0 Å². The monoisotopic (exact) mass is 204 g/mol. The standard InChI is InChI=1S/C15H24/c1-5-15(4)11-9-14(10-12-15)8-6-7-13(2)3/h5,7,9H,1,6,8,10-12H2,2-4H3. The lowest BCUT2D eigenvalue weighted by Gasteiger charge is -2.29. The minimum absolute atomic E-state index is 0.361. The van der Waals surface area contributed by atoms with Gasteiger partial charge in [-0.3, -0.25) is 0 Å². The van der Waals surface area contributed by atoms with Crippen LogP contribution < -0.4 is 0 Å². The molecule has 0 fully saturated rings. The molecule has 0 heterocycles. The molecule has 1 unspecified atom stereocenters. The topological polar surface area (TPSA) is 0 Å². The van der Waals surface area contributed by atoms with Gasteiger partial charge in [0.1, 0.15) is 0 Å². The van der Waals surface area contributed by atoms with Gasteiger partial charge in [0.15, 0.2) is 0 Å². The molecule has 0 aromatic heterocycles. The van der Waals surface area contributed by atoms with Crippen molar-refractivity contribution in [1.82, 2.24) is 0 Å². The van der Waals surface area contributed by atoms with Gasteiger partial charge in [-0.25, -0.2) is 0 Å². The smallest absolute Gasteiger partial charge is 0.0112 e. The second-order valence-electron chi connectivity index (χ2n) is 5.24. The number of rotatable bonds is 4. The highest BCUT2D eigenvalue weighted by Gasteiger charge is 2.22. The van der Waals surface area contributed by atoms with Gasteiger partial charge in [0.2, 0.25) is 0 Å². The first-order chi connectivity index (χ1) is 7.06. The normalized spacial score (nSPS) is 25.7. The van der Waals surface area contributed by atoms with Crippen molar-refractivity contribution in [3.63, 3.8) is 0 Å². The van der Waals surface area contributed by atoms with Crippen molar-refractivity contribution >= 4 is 0 Å². The van der Waals surface area contributed by atoms with Crippen LogP contribution >= 0.6 is 0 Å². The van der Waals surface area contributed by atoms with Gasteiger partial charge in [0.05, 0.1) is 0 Å². The fourth-order valence-electron chi connectivity index (χ4n) is 1.99. The van der Waals surface area contributed by atoms with Gasteiger partial charge in [-0.15, -0.1) is 6.58 Å². The number of allylic oxidation sites excluding steroid dienone is 5. The van der Waals surface area contributed by atoms with Crippen LogP contribution in [0.4, 0.5) is 0 Å². The maximum atomic E-state index is 3.93. The molecule has 0 radical (unpaired) electrons. The average Bonchev–Trinajstić information content (AvgIpc) is 2.21. The molecule has 0 saturated heterocycles. The molecule has 0 bridgehead atoms. The predicted octanol–water partition coefficient (Wildman–Crippen LogP) is 5.04. The van der Waals surface area contributed by atoms with Crippen LogP contribution in [-0.2, 0) is 0 Å². The molecule has 0 N–H and O–H groups in total. The molecule has 0 aromatic rings. The Hall–Kier alpha value is -0.780. The molecule has 0 amide bonds. The third-order valence-corrected chi connectivity index (χ3v) is 3.39. The Labute approximate surface area is 94.8 Å². The highest BCUT2D eigenvalue weighted by molar-refractivity contribution is 5.13. The van der Waals surface area contributed by atoms with Gasteiger partial charge < -0.3 is 0 Å². The Kier molecular flexibility index (Phi) is 4.38. The van der Waals surface area contributed by atoms with Gasteiger partial charge in [-0.1, -0.05) is 36.3 Å². The van der Waals surface area contributed by atoms with Crippen molar-refractivity contribution in [2.45, 2.75) is 52.9 Å². The molecule has 1 rings (SSSR count). The Bertz CT molecular complexity index is 276. The molecule has 0 saturated carbocycles. The molecule has 0 nitrogen and oxygen atoms in total. The number of hydrogen-bond acceptors (Lipinski definition) is 0. The van der Waals surface area contributed by atoms with Crippen molar-refractivity contribution in [2.75, 3.05) is 0 Å². The van der Waals surface area contributed by atoms with Crippen molar-refractivity contribution in [1.29, 1.82) is 0 Å². The summed E-state index contributed by atoms with van der Waals surface area (Å²) >= 11 is 0. The van der Waals surface area contributed by atoms with Crippen LogP contribution in [0.2, 0.25) is 0 Å². The quantitative estimate of drug-likeness (QED) is 0.563. The summed E-state index contributed by atoms with van der Waals surface area (Å²) in [6, 6.07) is 0. The minimum Gasteiger partial charge on any atom is -0.103 e. The largest absolute Gasteiger partial charge is 0.103 e. The zero-order valence-corrected chi connectivity index (χ0v) is 10.5. The summed E-state index contributed by atoms with van der Waals surface area (Å²) in [5.41, 5.74) is 3.44. The first-order valence-corrected chi connectivity index (χ1v) is 6.00. The van der Waals surface area contributed by atoms with E-state index < -0.39 is 0 Å². The fourth-order valence-corrected chi connectivity index (χ4v) is 1.99. The van der Waals surface area contributed by atoms with Gasteiger partial charge in [-0.2, -0.15) is 0 Å². The summed E-state index contributed by atoms with van der Waals surface area (Å²) < 4.78 is 0. The van der Waals surface area contributed by atoms with Crippen molar-refractivity contribution in [3.05, 3.63) is 36.0 Å². The van der Waals surface area contributed by atoms with E-state index in [2.05, 4.69) is 45.6 Å². The van der Waals surface area contributed by atoms with Gasteiger partial charge in [-0.05, 0) is 51.4 Å². The van der Waals surface area contributed by atoms with Gasteiger partial charge in [0.25, 0.3) is 0 Å². The minimum atomic E-state index is 0.361. The molecular formula is C15H24. The zero-order chi connectivity index (χ0) is 11.3. The van der Waals surface area contributed by atoms with Crippen LogP contribution in [0.15, 0.2) is 36.0 Å². The van der Waals surface area contributed by atoms with Crippen molar-refractivity contribution < 1.29 is 0 Å². The molecule has 0 aliphatic heterocycles. The zero-order valence-electron chi connectivity index (χ0n) is 10.5. The Balaban J connectivity index is 2.41. The fraction of sp³-hybridized carbons (Fsp3) is 0.600. The maximum Gasteiger partial charge on any atom is -0.0112 e. The lowest BCUT2D eigenvalue weighted by molar-refractivity contribution is 0.376. The van der Waals surface area contributed by atoms with Crippen LogP contribution in [0.25, 0.3) is 0 Å². The summed E-state index contributed by atoms with van der Waals surface area (Å²) in [6.45, 7) is 10.6. The van der Waals surface area contributed by atoms with Crippen molar-refractivity contribution in [3.8, 4) is 0 Å².